The molecular formula is C21H33ClN4O2. The molecule has 0 aromatic heterocycles. The topological polar surface area (TPSA) is 49.3 Å². The highest BCUT2D eigenvalue weighted by Crippen LogP contribution is 2.25. The monoisotopic (exact) mass is 408 g/mol. The average Bonchev–Trinajstić information content (AvgIpc) is 3.17. The normalized spacial score (nSPS) is 22.5. The lowest BCUT2D eigenvalue weighted by Crippen LogP contribution is -2.43. The molecule has 0 aliphatic carbocycles. The zero-order valence-corrected chi connectivity index (χ0v) is 17.8. The van der Waals surface area contributed by atoms with E-state index in [1.165, 1.54) is 5.56 Å². The highest BCUT2D eigenvalue weighted by molar-refractivity contribution is 6.30. The molecule has 1 aromatic rings. The van der Waals surface area contributed by atoms with E-state index in [0.29, 0.717) is 12.5 Å². The Balaban J connectivity index is 1.75. The minimum Gasteiger partial charge on any atom is -0.384 e. The molecular weight excluding hydrogens is 376 g/mol. The fraction of sp³-hybridized carbons (Fsp3) is 0.667. The number of rotatable bonds is 7. The van der Waals surface area contributed by atoms with Crippen LogP contribution in [0.4, 0.5) is 0 Å². The Morgan fingerprint density at radius 2 is 2.18 bits per heavy atom. The number of aliphatic imine (C=N–C) groups is 1. The van der Waals surface area contributed by atoms with Gasteiger partial charge in [0.15, 0.2) is 5.96 Å². The molecule has 0 bridgehead atoms. The lowest BCUT2D eigenvalue weighted by Gasteiger charge is -2.34. The van der Waals surface area contributed by atoms with Crippen LogP contribution >= 0.6 is 11.6 Å². The second-order valence-electron chi connectivity index (χ2n) is 7.47. The number of hydrogen-bond donors (Lipinski definition) is 1. The minimum absolute atomic E-state index is 0.202. The zero-order chi connectivity index (χ0) is 19.8. The second-order valence-corrected chi connectivity index (χ2v) is 7.91. The summed E-state index contributed by atoms with van der Waals surface area (Å²) >= 11 is 6.28. The summed E-state index contributed by atoms with van der Waals surface area (Å²) in [4.78, 5) is 9.86. The van der Waals surface area contributed by atoms with Gasteiger partial charge >= 0.3 is 0 Å². The molecule has 2 fully saturated rings. The molecule has 3 rings (SSSR count). The van der Waals surface area contributed by atoms with Crippen molar-refractivity contribution in [2.24, 2.45) is 10.9 Å². The molecule has 156 valence electrons. The Labute approximate surface area is 173 Å². The van der Waals surface area contributed by atoms with Gasteiger partial charge in [0, 0.05) is 50.8 Å². The first kappa shape index (κ1) is 21.4. The lowest BCUT2D eigenvalue weighted by molar-refractivity contribution is 0.0179. The van der Waals surface area contributed by atoms with Crippen molar-refractivity contribution in [3.63, 3.8) is 0 Å². The van der Waals surface area contributed by atoms with Crippen molar-refractivity contribution in [2.45, 2.75) is 19.4 Å². The van der Waals surface area contributed by atoms with Crippen molar-refractivity contribution >= 4 is 17.6 Å². The molecule has 0 amide bonds. The molecule has 6 nitrogen and oxygen atoms in total. The van der Waals surface area contributed by atoms with Crippen LogP contribution in [0.1, 0.15) is 24.9 Å². The number of likely N-dealkylation sites (tertiary alicyclic amines) is 1. The van der Waals surface area contributed by atoms with Crippen LogP contribution in [-0.4, -0.2) is 82.0 Å². The summed E-state index contributed by atoms with van der Waals surface area (Å²) in [6.45, 7) is 9.91. The lowest BCUT2D eigenvalue weighted by atomic mass is 10.0. The van der Waals surface area contributed by atoms with Crippen LogP contribution in [0.5, 0.6) is 0 Å². The van der Waals surface area contributed by atoms with Crippen LogP contribution < -0.4 is 5.32 Å². The molecule has 1 N–H and O–H groups in total. The van der Waals surface area contributed by atoms with Crippen LogP contribution in [0.15, 0.2) is 29.3 Å². The van der Waals surface area contributed by atoms with Gasteiger partial charge in [-0.15, -0.1) is 0 Å². The molecule has 2 aliphatic rings. The summed E-state index contributed by atoms with van der Waals surface area (Å²) < 4.78 is 10.9. The highest BCUT2D eigenvalue weighted by atomic mass is 35.5. The Kier molecular flexibility index (Phi) is 8.40. The van der Waals surface area contributed by atoms with Gasteiger partial charge in [0.1, 0.15) is 0 Å². The first-order chi connectivity index (χ1) is 13.7. The molecule has 2 heterocycles. The van der Waals surface area contributed by atoms with Crippen molar-refractivity contribution in [2.75, 3.05) is 66.2 Å². The van der Waals surface area contributed by atoms with E-state index in [1.807, 2.05) is 12.1 Å². The molecule has 0 saturated carbocycles. The molecule has 2 saturated heterocycles. The van der Waals surface area contributed by atoms with Gasteiger partial charge in [-0.3, -0.25) is 9.89 Å². The van der Waals surface area contributed by atoms with Crippen LogP contribution in [0.3, 0.4) is 0 Å². The number of ether oxygens (including phenoxy) is 2. The Morgan fingerprint density at radius 3 is 2.89 bits per heavy atom. The maximum absolute atomic E-state index is 6.28. The number of guanidine groups is 1. The quantitative estimate of drug-likeness (QED) is 0.555. The summed E-state index contributed by atoms with van der Waals surface area (Å²) in [6.07, 6.45) is 1.15. The third-order valence-corrected chi connectivity index (χ3v) is 5.69. The van der Waals surface area contributed by atoms with Crippen molar-refractivity contribution < 1.29 is 9.47 Å². The second kappa shape index (κ2) is 11.0. The number of methoxy groups -OCH3 is 1. The van der Waals surface area contributed by atoms with Crippen molar-refractivity contribution in [1.82, 2.24) is 15.1 Å². The number of nitrogens with zero attached hydrogens (tertiary/aromatic N) is 3. The summed E-state index contributed by atoms with van der Waals surface area (Å²) in [6, 6.07) is 8.37. The molecule has 2 atom stereocenters. The molecule has 1 aromatic carbocycles. The summed E-state index contributed by atoms with van der Waals surface area (Å²) in [5.74, 6) is 1.58. The summed E-state index contributed by atoms with van der Waals surface area (Å²) in [7, 11) is 1.78. The van der Waals surface area contributed by atoms with Gasteiger partial charge in [-0.25, -0.2) is 0 Å². The number of hydrogen-bond acceptors (Lipinski definition) is 4. The molecule has 0 radical (unpaired) electrons. The molecule has 28 heavy (non-hydrogen) atoms. The number of morpholine rings is 1. The van der Waals surface area contributed by atoms with Gasteiger partial charge in [0.2, 0.25) is 0 Å². The molecule has 7 heteroatoms. The van der Waals surface area contributed by atoms with Gasteiger partial charge in [-0.05, 0) is 31.0 Å². The van der Waals surface area contributed by atoms with E-state index in [-0.39, 0.29) is 6.04 Å². The predicted molar refractivity (Wildman–Crippen MR) is 114 cm³/mol. The van der Waals surface area contributed by atoms with Crippen LogP contribution in [0, 0.1) is 5.92 Å². The maximum Gasteiger partial charge on any atom is 0.193 e. The van der Waals surface area contributed by atoms with Crippen molar-refractivity contribution in [1.29, 1.82) is 0 Å². The smallest absolute Gasteiger partial charge is 0.193 e. The van der Waals surface area contributed by atoms with Gasteiger partial charge < -0.3 is 19.7 Å². The fourth-order valence-corrected chi connectivity index (χ4v) is 4.23. The number of benzene rings is 1. The van der Waals surface area contributed by atoms with Gasteiger partial charge in [-0.2, -0.15) is 0 Å². The first-order valence-corrected chi connectivity index (χ1v) is 10.7. The summed E-state index contributed by atoms with van der Waals surface area (Å²) in [5, 5.41) is 4.25. The van der Waals surface area contributed by atoms with E-state index >= 15 is 0 Å². The van der Waals surface area contributed by atoms with E-state index in [1.54, 1.807) is 7.11 Å². The van der Waals surface area contributed by atoms with Gasteiger partial charge in [-0.1, -0.05) is 23.7 Å². The van der Waals surface area contributed by atoms with E-state index in [2.05, 4.69) is 34.2 Å². The Morgan fingerprint density at radius 1 is 1.36 bits per heavy atom. The Hall–Kier alpha value is -1.34. The zero-order valence-electron chi connectivity index (χ0n) is 17.1. The van der Waals surface area contributed by atoms with E-state index in [9.17, 15) is 0 Å². The fourth-order valence-electron chi connectivity index (χ4n) is 4.03. The largest absolute Gasteiger partial charge is 0.384 e. The highest BCUT2D eigenvalue weighted by Gasteiger charge is 2.26. The van der Waals surface area contributed by atoms with E-state index < -0.39 is 0 Å². The van der Waals surface area contributed by atoms with Crippen LogP contribution in [0.25, 0.3) is 0 Å². The average molecular weight is 409 g/mol. The first-order valence-electron chi connectivity index (χ1n) is 10.3. The third-order valence-electron chi connectivity index (χ3n) is 5.46. The SMILES string of the molecule is CCNC(=NCC(c1cccc(Cl)c1)N1CCOCC1)N1CCC(COC)C1. The standard InChI is InChI=1S/C21H33ClN4O2/c1-3-23-21(26-8-7-17(15-26)16-27-2)24-14-20(25-9-11-28-12-10-25)18-5-4-6-19(22)13-18/h4-6,13,17,20H,3,7-12,14-16H2,1-2H3,(H,23,24). The van der Waals surface area contributed by atoms with Crippen LogP contribution in [0.2, 0.25) is 5.02 Å². The molecule has 2 unspecified atom stereocenters. The predicted octanol–water partition coefficient (Wildman–Crippen LogP) is 2.65. The number of halogens is 1. The Bertz CT molecular complexity index is 637. The minimum atomic E-state index is 0.202. The van der Waals surface area contributed by atoms with Gasteiger partial charge in [0.25, 0.3) is 0 Å². The third kappa shape index (κ3) is 5.83. The van der Waals surface area contributed by atoms with Crippen LogP contribution in [-0.2, 0) is 9.47 Å². The maximum atomic E-state index is 6.28. The van der Waals surface area contributed by atoms with Crippen molar-refractivity contribution in [3.8, 4) is 0 Å². The molecule has 0 spiro atoms. The van der Waals surface area contributed by atoms with Crippen molar-refractivity contribution in [3.05, 3.63) is 34.9 Å². The van der Waals surface area contributed by atoms with E-state index in [4.69, 9.17) is 26.1 Å². The number of nitrogens with one attached hydrogen (secondary N) is 1. The van der Waals surface area contributed by atoms with E-state index in [0.717, 1.165) is 69.9 Å². The van der Waals surface area contributed by atoms with Gasteiger partial charge in [0.05, 0.1) is 32.4 Å². The molecule has 2 aliphatic heterocycles. The summed E-state index contributed by atoms with van der Waals surface area (Å²) in [5.41, 5.74) is 1.22.